The number of fused-ring (bicyclic) bond motifs is 2. The summed E-state index contributed by atoms with van der Waals surface area (Å²) in [6.45, 7) is 0. The smallest absolute Gasteiger partial charge is 0.127 e. The topological polar surface area (TPSA) is 18.5 Å². The van der Waals surface area contributed by atoms with Gasteiger partial charge < -0.3 is 9.47 Å². The summed E-state index contributed by atoms with van der Waals surface area (Å²) in [6, 6.07) is 25.0. The normalized spacial score (nSPS) is 10.9. The van der Waals surface area contributed by atoms with Crippen molar-refractivity contribution in [3.05, 3.63) is 72.8 Å². The lowest BCUT2D eigenvalue weighted by atomic mass is 9.91. The first kappa shape index (κ1) is 14.6. The highest BCUT2D eigenvalue weighted by Crippen LogP contribution is 2.44. The van der Waals surface area contributed by atoms with Gasteiger partial charge in [0.15, 0.2) is 0 Å². The molecule has 118 valence electrons. The van der Waals surface area contributed by atoms with E-state index in [1.807, 2.05) is 18.2 Å². The summed E-state index contributed by atoms with van der Waals surface area (Å²) in [4.78, 5) is 0. The van der Waals surface area contributed by atoms with Gasteiger partial charge in [0.25, 0.3) is 0 Å². The average Bonchev–Trinajstić information content (AvgIpc) is 2.66. The predicted octanol–water partition coefficient (Wildman–Crippen LogP) is 5.68. The minimum Gasteiger partial charge on any atom is -0.496 e. The number of methoxy groups -OCH3 is 2. The lowest BCUT2D eigenvalue weighted by Gasteiger charge is -2.17. The molecular weight excluding hydrogens is 296 g/mol. The van der Waals surface area contributed by atoms with E-state index in [1.54, 1.807) is 14.2 Å². The standard InChI is InChI=1S/C22H18O2/c1-23-19-12-13-20(24-2)22-18(19)14-16-10-6-7-11-17(16)21(22)15-8-4-3-5-9-15/h3-14H,1-2H3. The molecule has 0 aromatic heterocycles. The van der Waals surface area contributed by atoms with Gasteiger partial charge >= 0.3 is 0 Å². The van der Waals surface area contributed by atoms with Crippen molar-refractivity contribution in [2.45, 2.75) is 0 Å². The van der Waals surface area contributed by atoms with Gasteiger partial charge in [-0.15, -0.1) is 0 Å². The van der Waals surface area contributed by atoms with Crippen LogP contribution in [0, 0.1) is 0 Å². The van der Waals surface area contributed by atoms with Crippen LogP contribution in [0.25, 0.3) is 32.7 Å². The number of ether oxygens (including phenoxy) is 2. The molecule has 2 nitrogen and oxygen atoms in total. The monoisotopic (exact) mass is 314 g/mol. The maximum Gasteiger partial charge on any atom is 0.127 e. The van der Waals surface area contributed by atoms with Crippen LogP contribution in [0.3, 0.4) is 0 Å². The Kier molecular flexibility index (Phi) is 3.58. The molecule has 0 saturated heterocycles. The third kappa shape index (κ3) is 2.19. The molecule has 0 spiro atoms. The zero-order valence-electron chi connectivity index (χ0n) is 13.7. The summed E-state index contributed by atoms with van der Waals surface area (Å²) >= 11 is 0. The van der Waals surface area contributed by atoms with Crippen LogP contribution in [0.15, 0.2) is 72.8 Å². The highest BCUT2D eigenvalue weighted by molar-refractivity contribution is 6.16. The molecule has 0 heterocycles. The van der Waals surface area contributed by atoms with E-state index in [-0.39, 0.29) is 0 Å². The van der Waals surface area contributed by atoms with Gasteiger partial charge in [0.2, 0.25) is 0 Å². The maximum absolute atomic E-state index is 5.68. The summed E-state index contributed by atoms with van der Waals surface area (Å²) in [6.07, 6.45) is 0. The molecular formula is C22H18O2. The van der Waals surface area contributed by atoms with Crippen LogP contribution in [0.2, 0.25) is 0 Å². The minimum absolute atomic E-state index is 0.855. The molecule has 0 aliphatic heterocycles. The highest BCUT2D eigenvalue weighted by atomic mass is 16.5. The molecule has 4 aromatic carbocycles. The highest BCUT2D eigenvalue weighted by Gasteiger charge is 2.16. The van der Waals surface area contributed by atoms with E-state index in [0.717, 1.165) is 22.3 Å². The molecule has 2 heteroatoms. The van der Waals surface area contributed by atoms with E-state index in [1.165, 1.54) is 21.9 Å². The largest absolute Gasteiger partial charge is 0.496 e. The Morgan fingerprint density at radius 2 is 1.29 bits per heavy atom. The van der Waals surface area contributed by atoms with Crippen molar-refractivity contribution in [1.29, 1.82) is 0 Å². The quantitative estimate of drug-likeness (QED) is 0.453. The van der Waals surface area contributed by atoms with Gasteiger partial charge in [-0.05, 0) is 34.5 Å². The summed E-state index contributed by atoms with van der Waals surface area (Å²) < 4.78 is 11.3. The molecule has 4 aromatic rings. The Morgan fingerprint density at radius 3 is 2.04 bits per heavy atom. The molecule has 0 unspecified atom stereocenters. The third-order valence-electron chi connectivity index (χ3n) is 4.45. The summed E-state index contributed by atoms with van der Waals surface area (Å²) in [5.74, 6) is 1.71. The van der Waals surface area contributed by atoms with Crippen LogP contribution in [0.5, 0.6) is 11.5 Å². The second-order valence-electron chi connectivity index (χ2n) is 5.73. The van der Waals surface area contributed by atoms with Crippen molar-refractivity contribution >= 4 is 21.5 Å². The van der Waals surface area contributed by atoms with Crippen LogP contribution in [0.4, 0.5) is 0 Å². The minimum atomic E-state index is 0.855. The van der Waals surface area contributed by atoms with Crippen molar-refractivity contribution in [1.82, 2.24) is 0 Å². The Hall–Kier alpha value is -3.00. The van der Waals surface area contributed by atoms with Gasteiger partial charge in [0.1, 0.15) is 11.5 Å². The van der Waals surface area contributed by atoms with E-state index >= 15 is 0 Å². The summed E-state index contributed by atoms with van der Waals surface area (Å²) in [5, 5.41) is 4.55. The second-order valence-corrected chi connectivity index (χ2v) is 5.73. The second kappa shape index (κ2) is 5.89. The lowest BCUT2D eigenvalue weighted by Crippen LogP contribution is -1.93. The average molecular weight is 314 g/mol. The van der Waals surface area contributed by atoms with Crippen molar-refractivity contribution in [2.24, 2.45) is 0 Å². The van der Waals surface area contributed by atoms with Gasteiger partial charge in [0, 0.05) is 16.3 Å². The molecule has 0 fully saturated rings. The number of hydrogen-bond acceptors (Lipinski definition) is 2. The van der Waals surface area contributed by atoms with Crippen LogP contribution in [-0.2, 0) is 0 Å². The lowest BCUT2D eigenvalue weighted by molar-refractivity contribution is 0.410. The fourth-order valence-corrected chi connectivity index (χ4v) is 3.38. The van der Waals surface area contributed by atoms with Gasteiger partial charge in [-0.2, -0.15) is 0 Å². The molecule has 0 radical (unpaired) electrons. The predicted molar refractivity (Wildman–Crippen MR) is 100.0 cm³/mol. The van der Waals surface area contributed by atoms with Crippen molar-refractivity contribution in [3.8, 4) is 22.6 Å². The maximum atomic E-state index is 5.68. The third-order valence-corrected chi connectivity index (χ3v) is 4.45. The molecule has 0 aliphatic carbocycles. The van der Waals surface area contributed by atoms with E-state index in [2.05, 4.69) is 54.6 Å². The van der Waals surface area contributed by atoms with Crippen molar-refractivity contribution < 1.29 is 9.47 Å². The van der Waals surface area contributed by atoms with Gasteiger partial charge in [-0.25, -0.2) is 0 Å². The van der Waals surface area contributed by atoms with Crippen molar-refractivity contribution in [2.75, 3.05) is 14.2 Å². The molecule has 0 atom stereocenters. The van der Waals surface area contributed by atoms with E-state index in [4.69, 9.17) is 9.47 Å². The Morgan fingerprint density at radius 1 is 0.625 bits per heavy atom. The van der Waals surface area contributed by atoms with Crippen LogP contribution < -0.4 is 9.47 Å². The summed E-state index contributed by atoms with van der Waals surface area (Å²) in [5.41, 5.74) is 2.35. The molecule has 0 N–H and O–H groups in total. The van der Waals surface area contributed by atoms with Gasteiger partial charge in [-0.3, -0.25) is 0 Å². The Labute approximate surface area is 141 Å². The SMILES string of the molecule is COc1ccc(OC)c2c(-c3ccccc3)c3ccccc3cc12. The summed E-state index contributed by atoms with van der Waals surface area (Å²) in [7, 11) is 3.42. The molecule has 0 saturated carbocycles. The van der Waals surface area contributed by atoms with Crippen molar-refractivity contribution in [3.63, 3.8) is 0 Å². The zero-order valence-corrected chi connectivity index (χ0v) is 13.7. The number of benzene rings is 4. The molecule has 24 heavy (non-hydrogen) atoms. The van der Waals surface area contributed by atoms with Crippen LogP contribution >= 0.6 is 0 Å². The Balaban J connectivity index is 2.27. The Bertz CT molecular complexity index is 1020. The molecule has 0 bridgehead atoms. The number of rotatable bonds is 3. The fraction of sp³-hybridized carbons (Fsp3) is 0.0909. The number of hydrogen-bond donors (Lipinski definition) is 0. The van der Waals surface area contributed by atoms with E-state index < -0.39 is 0 Å². The zero-order chi connectivity index (χ0) is 16.5. The first-order valence-electron chi connectivity index (χ1n) is 7.95. The van der Waals surface area contributed by atoms with Gasteiger partial charge in [0.05, 0.1) is 14.2 Å². The van der Waals surface area contributed by atoms with Gasteiger partial charge in [-0.1, -0.05) is 54.6 Å². The fourth-order valence-electron chi connectivity index (χ4n) is 3.38. The van der Waals surface area contributed by atoms with Crippen LogP contribution in [-0.4, -0.2) is 14.2 Å². The van der Waals surface area contributed by atoms with E-state index in [0.29, 0.717) is 0 Å². The van der Waals surface area contributed by atoms with E-state index in [9.17, 15) is 0 Å². The van der Waals surface area contributed by atoms with Crippen LogP contribution in [0.1, 0.15) is 0 Å². The molecule has 0 aliphatic rings. The molecule has 4 rings (SSSR count). The molecule has 0 amide bonds. The first-order chi connectivity index (χ1) is 11.8. The first-order valence-corrected chi connectivity index (χ1v) is 7.95.